The smallest absolute Gasteiger partial charge is 0.249 e. The van der Waals surface area contributed by atoms with Crippen LogP contribution < -0.4 is 5.32 Å². The summed E-state index contributed by atoms with van der Waals surface area (Å²) in [6, 6.07) is -0.890. The molecule has 7 N–H and O–H groups in total. The quantitative estimate of drug-likeness (QED) is 0.0232. The van der Waals surface area contributed by atoms with E-state index in [4.69, 9.17) is 9.47 Å². The van der Waals surface area contributed by atoms with Crippen LogP contribution in [0.15, 0.2) is 12.2 Å². The number of hydrogen-bond donors (Lipinski definition) is 7. The Morgan fingerprint density at radius 1 is 0.500 bits per heavy atom. The van der Waals surface area contributed by atoms with Gasteiger partial charge in [0.2, 0.25) is 5.91 Å². The zero-order chi connectivity index (χ0) is 48.1. The van der Waals surface area contributed by atoms with E-state index in [2.05, 4.69) is 31.3 Å². The molecule has 8 unspecified atom stereocenters. The number of ether oxygens (including phenoxy) is 2. The fraction of sp³-hybridized carbons (Fsp3) is 0.946. The zero-order valence-electron chi connectivity index (χ0n) is 43.1. The molecule has 0 spiro atoms. The highest BCUT2D eigenvalue weighted by atomic mass is 16.7. The lowest BCUT2D eigenvalue weighted by Crippen LogP contribution is -2.60. The van der Waals surface area contributed by atoms with Crippen molar-refractivity contribution >= 4 is 5.91 Å². The van der Waals surface area contributed by atoms with Crippen LogP contribution in [0.1, 0.15) is 277 Å². The van der Waals surface area contributed by atoms with Crippen LogP contribution in [-0.2, 0) is 14.3 Å². The number of unbranched alkanes of at least 4 members (excludes halogenated alkanes) is 36. The van der Waals surface area contributed by atoms with Crippen LogP contribution in [0.5, 0.6) is 0 Å². The molecule has 0 aromatic rings. The van der Waals surface area contributed by atoms with Gasteiger partial charge in [-0.15, -0.1) is 0 Å². The van der Waals surface area contributed by atoms with Crippen molar-refractivity contribution in [1.29, 1.82) is 0 Å². The molecule has 0 aliphatic carbocycles. The molecule has 1 fully saturated rings. The number of hydrogen-bond acceptors (Lipinski definition) is 9. The van der Waals surface area contributed by atoms with Gasteiger partial charge in [0, 0.05) is 0 Å². The Labute approximate surface area is 406 Å². The van der Waals surface area contributed by atoms with Gasteiger partial charge in [-0.25, -0.2) is 0 Å². The maximum Gasteiger partial charge on any atom is 0.249 e. The standard InChI is InChI=1S/C56H109NO9/c1-3-5-7-9-11-13-15-16-17-18-19-20-21-22-23-24-25-26-27-28-29-30-31-32-33-35-37-39-41-43-45-50(60)55(64)57-48(47-65-56-54(63)53(62)52(61)51(46-58)66-56)49(59)44-42-40-38-36-34-14-12-10-8-6-4-2/h22-23,48-54,56,58-63H,3-21,24-47H2,1-2H3,(H,57,64)/b23-22-. The van der Waals surface area contributed by atoms with Gasteiger partial charge in [0.25, 0.3) is 0 Å². The molecule has 66 heavy (non-hydrogen) atoms. The predicted octanol–water partition coefficient (Wildman–Crippen LogP) is 12.6. The Hall–Kier alpha value is -1.11. The van der Waals surface area contributed by atoms with E-state index < -0.39 is 61.5 Å². The third-order valence-electron chi connectivity index (χ3n) is 14.0. The first kappa shape index (κ1) is 62.9. The van der Waals surface area contributed by atoms with Gasteiger partial charge in [0.05, 0.1) is 25.4 Å². The summed E-state index contributed by atoms with van der Waals surface area (Å²) in [4.78, 5) is 13.1. The summed E-state index contributed by atoms with van der Waals surface area (Å²) >= 11 is 0. The number of amides is 1. The topological polar surface area (TPSA) is 169 Å². The summed E-state index contributed by atoms with van der Waals surface area (Å²) in [7, 11) is 0. The molecule has 1 aliphatic heterocycles. The average Bonchev–Trinajstić information content (AvgIpc) is 3.32. The molecule has 1 aliphatic rings. The van der Waals surface area contributed by atoms with Gasteiger partial charge >= 0.3 is 0 Å². The van der Waals surface area contributed by atoms with Gasteiger partial charge in [-0.05, 0) is 38.5 Å². The number of carbonyl (C=O) groups excluding carboxylic acids is 1. The van der Waals surface area contributed by atoms with Crippen molar-refractivity contribution in [3.8, 4) is 0 Å². The predicted molar refractivity (Wildman–Crippen MR) is 273 cm³/mol. The molecule has 8 atom stereocenters. The first-order chi connectivity index (χ1) is 32.3. The zero-order valence-corrected chi connectivity index (χ0v) is 43.1. The summed E-state index contributed by atoms with van der Waals surface area (Å²) in [5.41, 5.74) is 0. The van der Waals surface area contributed by atoms with Gasteiger partial charge < -0.3 is 45.4 Å². The molecule has 1 amide bonds. The normalized spacial score (nSPS) is 20.3. The van der Waals surface area contributed by atoms with Gasteiger partial charge in [-0.2, -0.15) is 0 Å². The van der Waals surface area contributed by atoms with Gasteiger partial charge in [-0.3, -0.25) is 4.79 Å². The molecule has 0 aromatic carbocycles. The fourth-order valence-electron chi connectivity index (χ4n) is 9.34. The highest BCUT2D eigenvalue weighted by Gasteiger charge is 2.44. The molecule has 392 valence electrons. The number of nitrogens with one attached hydrogen (secondary N) is 1. The van der Waals surface area contributed by atoms with E-state index in [9.17, 15) is 35.4 Å². The summed E-state index contributed by atoms with van der Waals surface area (Å²) in [6.45, 7) is 3.68. The van der Waals surface area contributed by atoms with Crippen LogP contribution in [-0.4, -0.2) is 98.7 Å². The molecule has 0 bridgehead atoms. The van der Waals surface area contributed by atoms with E-state index in [0.29, 0.717) is 12.8 Å². The first-order valence-electron chi connectivity index (χ1n) is 28.5. The second kappa shape index (κ2) is 46.3. The number of carbonyl (C=O) groups is 1. The Bertz CT molecular complexity index is 1060. The summed E-state index contributed by atoms with van der Waals surface area (Å²) < 4.78 is 11.2. The lowest BCUT2D eigenvalue weighted by molar-refractivity contribution is -0.302. The third-order valence-corrected chi connectivity index (χ3v) is 14.0. The second-order valence-electron chi connectivity index (χ2n) is 20.2. The largest absolute Gasteiger partial charge is 0.394 e. The van der Waals surface area contributed by atoms with Crippen LogP contribution in [0.25, 0.3) is 0 Å². The molecule has 1 rings (SSSR count). The van der Waals surface area contributed by atoms with E-state index in [1.807, 2.05) is 0 Å². The molecule has 0 aromatic heterocycles. The molecular weight excluding hydrogens is 831 g/mol. The van der Waals surface area contributed by atoms with Crippen LogP contribution >= 0.6 is 0 Å². The van der Waals surface area contributed by atoms with Crippen molar-refractivity contribution in [3.05, 3.63) is 12.2 Å². The number of aliphatic hydroxyl groups excluding tert-OH is 6. The summed E-state index contributed by atoms with van der Waals surface area (Å²) in [5, 5.41) is 65.0. The van der Waals surface area contributed by atoms with Crippen molar-refractivity contribution in [3.63, 3.8) is 0 Å². The van der Waals surface area contributed by atoms with E-state index in [1.165, 1.54) is 205 Å². The van der Waals surface area contributed by atoms with Gasteiger partial charge in [0.1, 0.15) is 30.5 Å². The SMILES string of the molecule is CCCCCCCCCCCCCC/C=C\CCCCCCCCCCCCCCCCC(O)C(=O)NC(COC1OC(CO)C(O)C(O)C1O)C(O)CCCCCCCCCCCCC. The monoisotopic (exact) mass is 940 g/mol. The van der Waals surface area contributed by atoms with E-state index >= 15 is 0 Å². The Kier molecular flexibility index (Phi) is 44.1. The molecule has 0 saturated carbocycles. The minimum atomic E-state index is -1.59. The minimum Gasteiger partial charge on any atom is -0.394 e. The second-order valence-corrected chi connectivity index (χ2v) is 20.2. The maximum absolute atomic E-state index is 13.1. The Morgan fingerprint density at radius 2 is 0.848 bits per heavy atom. The van der Waals surface area contributed by atoms with Gasteiger partial charge in [0.15, 0.2) is 6.29 Å². The molecular formula is C56H109NO9. The summed E-state index contributed by atoms with van der Waals surface area (Å²) in [5.74, 6) is -0.581. The molecule has 10 nitrogen and oxygen atoms in total. The lowest BCUT2D eigenvalue weighted by Gasteiger charge is -2.40. The average molecular weight is 940 g/mol. The van der Waals surface area contributed by atoms with Crippen LogP contribution in [0.2, 0.25) is 0 Å². The fourth-order valence-corrected chi connectivity index (χ4v) is 9.34. The molecule has 0 radical (unpaired) electrons. The Morgan fingerprint density at radius 3 is 1.23 bits per heavy atom. The number of aliphatic hydroxyl groups is 6. The van der Waals surface area contributed by atoms with Crippen molar-refractivity contribution in [1.82, 2.24) is 5.32 Å². The Balaban J connectivity index is 2.14. The lowest BCUT2D eigenvalue weighted by atomic mass is 9.99. The van der Waals surface area contributed by atoms with Crippen LogP contribution in [0, 0.1) is 0 Å². The first-order valence-corrected chi connectivity index (χ1v) is 28.5. The minimum absolute atomic E-state index is 0.252. The molecule has 10 heteroatoms. The van der Waals surface area contributed by atoms with Crippen LogP contribution in [0.3, 0.4) is 0 Å². The van der Waals surface area contributed by atoms with Crippen molar-refractivity contribution in [2.45, 2.75) is 326 Å². The molecule has 1 heterocycles. The van der Waals surface area contributed by atoms with Crippen molar-refractivity contribution < 1.29 is 44.9 Å². The third kappa shape index (κ3) is 35.1. The van der Waals surface area contributed by atoms with Gasteiger partial charge in [-0.1, -0.05) is 251 Å². The highest BCUT2D eigenvalue weighted by Crippen LogP contribution is 2.23. The van der Waals surface area contributed by atoms with E-state index in [0.717, 1.165) is 44.9 Å². The van der Waals surface area contributed by atoms with E-state index in [-0.39, 0.29) is 6.61 Å². The van der Waals surface area contributed by atoms with Crippen LogP contribution in [0.4, 0.5) is 0 Å². The van der Waals surface area contributed by atoms with E-state index in [1.54, 1.807) is 0 Å². The maximum atomic E-state index is 13.1. The highest BCUT2D eigenvalue weighted by molar-refractivity contribution is 5.80. The number of allylic oxidation sites excluding steroid dienone is 2. The van der Waals surface area contributed by atoms with Crippen molar-refractivity contribution in [2.75, 3.05) is 13.2 Å². The van der Waals surface area contributed by atoms with Crippen molar-refractivity contribution in [2.24, 2.45) is 0 Å². The number of rotatable bonds is 49. The molecule has 1 saturated heterocycles. The summed E-state index contributed by atoms with van der Waals surface area (Å²) in [6.07, 6.45) is 45.8.